The summed E-state index contributed by atoms with van der Waals surface area (Å²) in [5, 5.41) is 0. The van der Waals surface area contributed by atoms with Crippen LogP contribution < -0.4 is 34.0 Å². The molecule has 0 heterocycles. The Kier molecular flexibility index (Phi) is 19.7. The minimum absolute atomic E-state index is 0. The van der Waals surface area contributed by atoms with Crippen LogP contribution in [-0.2, 0) is 21.8 Å². The zero-order valence-corrected chi connectivity index (χ0v) is 12.9. The maximum absolute atomic E-state index is 2.32. The number of halogens is 2. The molecule has 0 atom stereocenters. The monoisotopic (exact) mass is 336 g/mol. The zero-order valence-electron chi connectivity index (χ0n) is 8.14. The Labute approximate surface area is 104 Å². The molecule has 0 aliphatic heterocycles. The molecular weight excluding hydrogens is 320 g/mol. The topological polar surface area (TPSA) is 0 Å². The fourth-order valence-corrected chi connectivity index (χ4v) is 1.56. The minimum atomic E-state index is 0. The van der Waals surface area contributed by atoms with Gasteiger partial charge in [0.1, 0.15) is 11.5 Å². The molecule has 0 saturated carbocycles. The van der Waals surface area contributed by atoms with Crippen molar-refractivity contribution >= 4 is 21.8 Å². The first kappa shape index (κ1) is 19.0. The van der Waals surface area contributed by atoms with Crippen molar-refractivity contribution in [2.45, 2.75) is 0 Å². The van der Waals surface area contributed by atoms with Gasteiger partial charge in [0.2, 0.25) is 0 Å². The molecule has 0 bridgehead atoms. The second-order valence-corrected chi connectivity index (χ2v) is 7.38. The van der Waals surface area contributed by atoms with Crippen LogP contribution in [0.25, 0.3) is 0 Å². The van der Waals surface area contributed by atoms with Gasteiger partial charge in [0.05, 0.1) is 25.0 Å². The predicted octanol–water partition coefficient (Wildman–Crippen LogP) is -4.69. The SMILES string of the molecule is C[S+](C)C/C=C/C[S+](C)C.[Br-].[Br-]. The Morgan fingerprint density at radius 3 is 1.17 bits per heavy atom. The normalized spacial score (nSPS) is 10.2. The van der Waals surface area contributed by atoms with E-state index in [9.17, 15) is 0 Å². The highest BCUT2D eigenvalue weighted by Gasteiger charge is 1.98. The highest BCUT2D eigenvalue weighted by Crippen LogP contribution is 1.88. The molecule has 4 heteroatoms. The third kappa shape index (κ3) is 17.5. The van der Waals surface area contributed by atoms with Crippen LogP contribution in [0.5, 0.6) is 0 Å². The van der Waals surface area contributed by atoms with Crippen molar-refractivity contribution in [1.29, 1.82) is 0 Å². The third-order valence-corrected chi connectivity index (χ3v) is 2.74. The van der Waals surface area contributed by atoms with Gasteiger partial charge in [0.15, 0.2) is 0 Å². The van der Waals surface area contributed by atoms with Gasteiger partial charge in [-0.25, -0.2) is 0 Å². The van der Waals surface area contributed by atoms with Crippen LogP contribution in [0, 0.1) is 0 Å². The number of hydrogen-bond donors (Lipinski definition) is 0. The average Bonchev–Trinajstić information content (AvgIpc) is 1.79. The van der Waals surface area contributed by atoms with Gasteiger partial charge in [-0.1, -0.05) is 0 Å². The van der Waals surface area contributed by atoms with Gasteiger partial charge >= 0.3 is 0 Å². The molecule has 0 aromatic rings. The molecule has 0 aliphatic carbocycles. The van der Waals surface area contributed by atoms with E-state index in [-0.39, 0.29) is 34.0 Å². The standard InChI is InChI=1S/C8H18S2.2BrH/c1-9(2)7-5-6-8-10(3)4;;/h5-6H,7-8H2,1-4H3;2*1H/q+2;;/p-2/b6-5+;;. The summed E-state index contributed by atoms with van der Waals surface area (Å²) in [5.74, 6) is 2.52. The third-order valence-electron chi connectivity index (χ3n) is 1.03. The van der Waals surface area contributed by atoms with Crippen molar-refractivity contribution in [3.8, 4) is 0 Å². The first-order valence-corrected chi connectivity index (χ1v) is 7.78. The summed E-state index contributed by atoms with van der Waals surface area (Å²) in [6, 6.07) is 0. The molecule has 0 aromatic carbocycles. The first-order chi connectivity index (χ1) is 4.63. The molecule has 0 rings (SSSR count). The summed E-state index contributed by atoms with van der Waals surface area (Å²) in [6.45, 7) is 0. The van der Waals surface area contributed by atoms with E-state index < -0.39 is 0 Å². The minimum Gasteiger partial charge on any atom is -1.00 e. The second kappa shape index (κ2) is 12.4. The molecule has 76 valence electrons. The van der Waals surface area contributed by atoms with Crippen molar-refractivity contribution in [2.75, 3.05) is 36.5 Å². The van der Waals surface area contributed by atoms with Gasteiger partial charge in [-0.15, -0.1) is 0 Å². The molecule has 0 amide bonds. The molecule has 0 fully saturated rings. The van der Waals surface area contributed by atoms with Gasteiger partial charge in [0.25, 0.3) is 0 Å². The fraction of sp³-hybridized carbons (Fsp3) is 0.750. The van der Waals surface area contributed by atoms with E-state index in [0.29, 0.717) is 21.8 Å². The van der Waals surface area contributed by atoms with Crippen LogP contribution in [0.4, 0.5) is 0 Å². The number of rotatable bonds is 4. The van der Waals surface area contributed by atoms with Gasteiger partial charge in [-0.3, -0.25) is 0 Å². The van der Waals surface area contributed by atoms with Gasteiger partial charge in [0, 0.05) is 0 Å². The van der Waals surface area contributed by atoms with E-state index in [4.69, 9.17) is 0 Å². The Morgan fingerprint density at radius 1 is 0.750 bits per heavy atom. The van der Waals surface area contributed by atoms with Crippen molar-refractivity contribution in [2.24, 2.45) is 0 Å². The lowest BCUT2D eigenvalue weighted by Gasteiger charge is -1.89. The Hall–Kier alpha value is 1.40. The maximum atomic E-state index is 2.32. The highest BCUT2D eigenvalue weighted by molar-refractivity contribution is 7.96. The molecule has 0 aliphatic rings. The lowest BCUT2D eigenvalue weighted by Crippen LogP contribution is -3.00. The van der Waals surface area contributed by atoms with E-state index >= 15 is 0 Å². The summed E-state index contributed by atoms with van der Waals surface area (Å²) in [6.07, 6.45) is 13.8. The van der Waals surface area contributed by atoms with Crippen molar-refractivity contribution < 1.29 is 34.0 Å². The van der Waals surface area contributed by atoms with E-state index in [0.717, 1.165) is 0 Å². The zero-order chi connectivity index (χ0) is 7.98. The van der Waals surface area contributed by atoms with Crippen LogP contribution in [0.1, 0.15) is 0 Å². The largest absolute Gasteiger partial charge is 1.00 e. The van der Waals surface area contributed by atoms with Gasteiger partial charge in [-0.2, -0.15) is 0 Å². The van der Waals surface area contributed by atoms with E-state index in [2.05, 4.69) is 37.2 Å². The molecule has 0 spiro atoms. The lowest BCUT2D eigenvalue weighted by atomic mass is 10.6. The van der Waals surface area contributed by atoms with Crippen molar-refractivity contribution in [1.82, 2.24) is 0 Å². The summed E-state index contributed by atoms with van der Waals surface area (Å²) in [5.41, 5.74) is 0. The maximum Gasteiger partial charge on any atom is 0.125 e. The molecule has 0 aromatic heterocycles. The van der Waals surface area contributed by atoms with Gasteiger partial charge in [-0.05, 0) is 33.9 Å². The van der Waals surface area contributed by atoms with Crippen LogP contribution in [0.2, 0.25) is 0 Å². The van der Waals surface area contributed by atoms with Crippen LogP contribution in [-0.4, -0.2) is 36.5 Å². The molecule has 0 nitrogen and oxygen atoms in total. The summed E-state index contributed by atoms with van der Waals surface area (Å²) in [4.78, 5) is 0. The Balaban J connectivity index is -0.000000405. The Bertz CT molecular complexity index is 91.2. The first-order valence-electron chi connectivity index (χ1n) is 3.36. The fourth-order valence-electron chi connectivity index (χ4n) is 0.521. The van der Waals surface area contributed by atoms with Crippen LogP contribution >= 0.6 is 0 Å². The van der Waals surface area contributed by atoms with E-state index in [1.807, 2.05) is 0 Å². The summed E-state index contributed by atoms with van der Waals surface area (Å²) in [7, 11) is 1.17. The van der Waals surface area contributed by atoms with E-state index in [1.165, 1.54) is 11.5 Å². The van der Waals surface area contributed by atoms with E-state index in [1.54, 1.807) is 0 Å². The van der Waals surface area contributed by atoms with Crippen LogP contribution in [0.3, 0.4) is 0 Å². The second-order valence-electron chi connectivity index (χ2n) is 2.78. The number of hydrogen-bond acceptors (Lipinski definition) is 0. The summed E-state index contributed by atoms with van der Waals surface area (Å²) < 4.78 is 0. The lowest BCUT2D eigenvalue weighted by molar-refractivity contribution is -0.001000. The molecule has 0 radical (unpaired) electrons. The molecule has 0 N–H and O–H groups in total. The average molecular weight is 338 g/mol. The molecular formula is C8H18Br2S2. The predicted molar refractivity (Wildman–Crippen MR) is 57.3 cm³/mol. The molecule has 12 heavy (non-hydrogen) atoms. The van der Waals surface area contributed by atoms with Crippen LogP contribution in [0.15, 0.2) is 12.2 Å². The summed E-state index contributed by atoms with van der Waals surface area (Å²) >= 11 is 0. The quantitative estimate of drug-likeness (QED) is 0.357. The molecule has 0 saturated heterocycles. The van der Waals surface area contributed by atoms with Gasteiger partial charge < -0.3 is 34.0 Å². The van der Waals surface area contributed by atoms with Crippen molar-refractivity contribution in [3.63, 3.8) is 0 Å². The Morgan fingerprint density at radius 2 is 1.00 bits per heavy atom. The molecule has 0 unspecified atom stereocenters. The smallest absolute Gasteiger partial charge is 0.125 e. The van der Waals surface area contributed by atoms with Crippen molar-refractivity contribution in [3.05, 3.63) is 12.2 Å². The highest BCUT2D eigenvalue weighted by atomic mass is 79.9.